The van der Waals surface area contributed by atoms with Crippen molar-refractivity contribution in [1.29, 1.82) is 0 Å². The van der Waals surface area contributed by atoms with Crippen molar-refractivity contribution in [3.63, 3.8) is 0 Å². The third-order valence-corrected chi connectivity index (χ3v) is 4.97. The van der Waals surface area contributed by atoms with Gasteiger partial charge < -0.3 is 9.32 Å². The van der Waals surface area contributed by atoms with E-state index in [1.165, 1.54) is 19.3 Å². The van der Waals surface area contributed by atoms with E-state index in [2.05, 4.69) is 25.6 Å². The number of hydrogen-bond acceptors (Lipinski definition) is 4. The predicted molar refractivity (Wildman–Crippen MR) is 89.0 cm³/mol. The van der Waals surface area contributed by atoms with Crippen LogP contribution in [0.1, 0.15) is 31.4 Å². The van der Waals surface area contributed by atoms with Crippen molar-refractivity contribution in [2.75, 3.05) is 18.0 Å². The molecule has 2 aromatic heterocycles. The minimum absolute atomic E-state index is 0.664. The predicted octanol–water partition coefficient (Wildman–Crippen LogP) is 3.11. The molecule has 1 unspecified atom stereocenters. The maximum atomic E-state index is 5.74. The Hall–Kier alpha value is -2.22. The number of anilines is 1. The topological polar surface area (TPSA) is 47.1 Å². The van der Waals surface area contributed by atoms with Gasteiger partial charge in [-0.15, -0.1) is 22.5 Å². The number of aryl methyl sites for hydroxylation is 1. The summed E-state index contributed by atoms with van der Waals surface area (Å²) in [6, 6.07) is 3.90. The van der Waals surface area contributed by atoms with E-state index in [9.17, 15) is 0 Å². The van der Waals surface area contributed by atoms with Crippen LogP contribution in [0, 0.1) is 31.1 Å². The van der Waals surface area contributed by atoms with Crippen LogP contribution in [0.2, 0.25) is 0 Å². The van der Waals surface area contributed by atoms with Crippen molar-refractivity contribution < 1.29 is 4.42 Å². The first-order chi connectivity index (χ1) is 11.3. The van der Waals surface area contributed by atoms with Crippen molar-refractivity contribution in [1.82, 2.24) is 14.8 Å². The summed E-state index contributed by atoms with van der Waals surface area (Å²) < 4.78 is 7.86. The van der Waals surface area contributed by atoms with E-state index in [1.807, 2.05) is 19.1 Å². The van der Waals surface area contributed by atoms with Crippen LogP contribution in [0.25, 0.3) is 11.6 Å². The van der Waals surface area contributed by atoms with Gasteiger partial charge in [-0.25, -0.2) is 0 Å². The minimum Gasteiger partial charge on any atom is -0.458 e. The molecule has 5 nitrogen and oxygen atoms in total. The molecule has 0 spiro atoms. The van der Waals surface area contributed by atoms with E-state index in [1.54, 1.807) is 0 Å². The molecule has 120 valence electrons. The highest BCUT2D eigenvalue weighted by atomic mass is 16.3. The van der Waals surface area contributed by atoms with Crippen molar-refractivity contribution in [3.8, 4) is 23.9 Å². The summed E-state index contributed by atoms with van der Waals surface area (Å²) in [6.07, 6.45) is 10.2. The van der Waals surface area contributed by atoms with E-state index >= 15 is 0 Å². The van der Waals surface area contributed by atoms with Crippen LogP contribution in [0.5, 0.6) is 0 Å². The summed E-state index contributed by atoms with van der Waals surface area (Å²) in [5, 5.41) is 8.85. The molecule has 1 saturated heterocycles. The quantitative estimate of drug-likeness (QED) is 0.796. The normalized spacial score (nSPS) is 20.9. The van der Waals surface area contributed by atoms with Gasteiger partial charge in [0.05, 0.1) is 0 Å². The number of aromatic nitrogens is 3. The second kappa shape index (κ2) is 5.77. The van der Waals surface area contributed by atoms with Gasteiger partial charge in [-0.3, -0.25) is 4.57 Å². The molecule has 2 fully saturated rings. The molecule has 0 aromatic carbocycles. The van der Waals surface area contributed by atoms with Crippen molar-refractivity contribution in [3.05, 3.63) is 17.9 Å². The van der Waals surface area contributed by atoms with Gasteiger partial charge in [-0.05, 0) is 50.2 Å². The molecule has 1 atom stereocenters. The van der Waals surface area contributed by atoms with E-state index in [0.29, 0.717) is 6.42 Å². The zero-order valence-corrected chi connectivity index (χ0v) is 13.5. The smallest absolute Gasteiger partial charge is 0.227 e. The number of nitrogens with zero attached hydrogens (tertiary/aromatic N) is 4. The van der Waals surface area contributed by atoms with Crippen molar-refractivity contribution in [2.24, 2.45) is 11.8 Å². The summed E-state index contributed by atoms with van der Waals surface area (Å²) in [4.78, 5) is 2.37. The number of terminal acetylenes is 1. The van der Waals surface area contributed by atoms with Gasteiger partial charge in [-0.2, -0.15) is 0 Å². The summed E-state index contributed by atoms with van der Waals surface area (Å²) >= 11 is 0. The molecule has 0 amide bonds. The largest absolute Gasteiger partial charge is 0.458 e. The molecule has 3 heterocycles. The first kappa shape index (κ1) is 14.4. The molecule has 1 aliphatic heterocycles. The van der Waals surface area contributed by atoms with Gasteiger partial charge in [0.15, 0.2) is 5.76 Å². The van der Waals surface area contributed by atoms with E-state index in [4.69, 9.17) is 10.8 Å². The minimum atomic E-state index is 0.664. The highest BCUT2D eigenvalue weighted by Crippen LogP contribution is 2.42. The fourth-order valence-electron chi connectivity index (χ4n) is 3.57. The maximum Gasteiger partial charge on any atom is 0.227 e. The fraction of sp³-hybridized carbons (Fsp3) is 0.556. The average molecular weight is 310 g/mol. The Bertz CT molecular complexity index is 735. The van der Waals surface area contributed by atoms with Crippen molar-refractivity contribution >= 4 is 5.95 Å². The van der Waals surface area contributed by atoms with Gasteiger partial charge in [0.2, 0.25) is 11.8 Å². The fourth-order valence-corrected chi connectivity index (χ4v) is 3.57. The van der Waals surface area contributed by atoms with Crippen LogP contribution in [0.15, 0.2) is 16.5 Å². The molecule has 5 heteroatoms. The zero-order chi connectivity index (χ0) is 15.8. The standard InChI is InChI=1S/C18H22N4O/c1-3-4-10-22-17(16-8-5-13(2)23-16)19-20-18(22)21-11-9-15(12-21)14-6-7-14/h1,5,8,14-15H,4,6-7,9-12H2,2H3. The van der Waals surface area contributed by atoms with Crippen LogP contribution >= 0.6 is 0 Å². The lowest BCUT2D eigenvalue weighted by atomic mass is 10.0. The van der Waals surface area contributed by atoms with Gasteiger partial charge in [0, 0.05) is 26.1 Å². The van der Waals surface area contributed by atoms with Crippen LogP contribution in [0.3, 0.4) is 0 Å². The summed E-state index contributed by atoms with van der Waals surface area (Å²) in [5.41, 5.74) is 0. The molecule has 1 saturated carbocycles. The Labute approximate surface area is 136 Å². The summed E-state index contributed by atoms with van der Waals surface area (Å²) in [5.74, 6) is 7.83. The second-order valence-electron chi connectivity index (χ2n) is 6.67. The summed E-state index contributed by atoms with van der Waals surface area (Å²) in [6.45, 7) is 4.81. The van der Waals surface area contributed by atoms with Crippen LogP contribution in [-0.2, 0) is 6.54 Å². The van der Waals surface area contributed by atoms with Gasteiger partial charge in [-0.1, -0.05) is 0 Å². The molecule has 4 rings (SSSR count). The first-order valence-corrected chi connectivity index (χ1v) is 8.44. The van der Waals surface area contributed by atoms with E-state index < -0.39 is 0 Å². The Balaban J connectivity index is 1.63. The van der Waals surface area contributed by atoms with Crippen LogP contribution < -0.4 is 4.90 Å². The second-order valence-corrected chi connectivity index (χ2v) is 6.67. The Morgan fingerprint density at radius 1 is 1.26 bits per heavy atom. The van der Waals surface area contributed by atoms with Gasteiger partial charge in [0.1, 0.15) is 5.76 Å². The van der Waals surface area contributed by atoms with E-state index in [-0.39, 0.29) is 0 Å². The monoisotopic (exact) mass is 310 g/mol. The molecule has 0 N–H and O–H groups in total. The lowest BCUT2D eigenvalue weighted by molar-refractivity contribution is 0.512. The highest BCUT2D eigenvalue weighted by Gasteiger charge is 2.37. The Morgan fingerprint density at radius 2 is 2.13 bits per heavy atom. The first-order valence-electron chi connectivity index (χ1n) is 8.44. The van der Waals surface area contributed by atoms with Crippen LogP contribution in [0.4, 0.5) is 5.95 Å². The molecule has 0 radical (unpaired) electrons. The third-order valence-electron chi connectivity index (χ3n) is 4.97. The van der Waals surface area contributed by atoms with E-state index in [0.717, 1.165) is 54.8 Å². The molecule has 2 aromatic rings. The van der Waals surface area contributed by atoms with Gasteiger partial charge in [0.25, 0.3) is 0 Å². The van der Waals surface area contributed by atoms with Gasteiger partial charge >= 0.3 is 0 Å². The Morgan fingerprint density at radius 3 is 2.83 bits per heavy atom. The van der Waals surface area contributed by atoms with Crippen molar-refractivity contribution in [2.45, 2.75) is 39.2 Å². The molecule has 23 heavy (non-hydrogen) atoms. The maximum absolute atomic E-state index is 5.74. The molecule has 0 bridgehead atoms. The highest BCUT2D eigenvalue weighted by molar-refractivity contribution is 5.52. The average Bonchev–Trinajstić information content (AvgIpc) is 2.97. The SMILES string of the molecule is C#CCCn1c(-c2ccc(C)o2)nnc1N1CCC(C2CC2)C1. The number of hydrogen-bond donors (Lipinski definition) is 0. The van der Waals surface area contributed by atoms with Crippen LogP contribution in [-0.4, -0.2) is 27.9 Å². The molecular formula is C18H22N4O. The lowest BCUT2D eigenvalue weighted by Gasteiger charge is -2.18. The lowest BCUT2D eigenvalue weighted by Crippen LogP contribution is -2.24. The molecule has 1 aliphatic carbocycles. The summed E-state index contributed by atoms with van der Waals surface area (Å²) in [7, 11) is 0. The number of rotatable bonds is 5. The Kier molecular flexibility index (Phi) is 3.60. The third kappa shape index (κ3) is 2.74. The zero-order valence-electron chi connectivity index (χ0n) is 13.5. The molecule has 2 aliphatic rings. The number of furan rings is 1. The molecular weight excluding hydrogens is 288 g/mol.